The van der Waals surface area contributed by atoms with Crippen LogP contribution in [-0.4, -0.2) is 94.4 Å². The largest absolute Gasteiger partial charge is 0.368 e. The summed E-state index contributed by atoms with van der Waals surface area (Å²) in [5, 5.41) is 18.3. The second kappa shape index (κ2) is 18.5. The maximum absolute atomic E-state index is 14.9. The number of nitrogens with zero attached hydrogens (tertiary/aromatic N) is 2. The first-order valence-corrected chi connectivity index (χ1v) is 20.9. The molecule has 16 heteroatoms. The molecule has 15 nitrogen and oxygen atoms in total. The normalized spacial score (nSPS) is 17.5. The van der Waals surface area contributed by atoms with Crippen LogP contribution in [-0.2, 0) is 43.2 Å². The van der Waals surface area contributed by atoms with E-state index in [4.69, 9.17) is 17.4 Å². The number of H-pyrrole nitrogens is 1. The van der Waals surface area contributed by atoms with E-state index in [-0.39, 0.29) is 43.9 Å². The molecule has 0 spiro atoms. The van der Waals surface area contributed by atoms with E-state index in [1.54, 1.807) is 22.5 Å². The minimum absolute atomic E-state index is 0.000674. The van der Waals surface area contributed by atoms with E-state index in [1.165, 1.54) is 0 Å². The number of hydrogen-bond acceptors (Lipinski definition) is 10. The molecule has 11 N–H and O–H groups in total. The van der Waals surface area contributed by atoms with Crippen molar-refractivity contribution in [1.29, 1.82) is 0 Å². The van der Waals surface area contributed by atoms with Gasteiger partial charge >= 0.3 is 0 Å². The number of rotatable bonds is 15. The first-order valence-electron chi connectivity index (χ1n) is 20.1. The maximum Gasteiger partial charge on any atom is 0.260 e. The second-order valence-corrected chi connectivity index (χ2v) is 16.5. The lowest BCUT2D eigenvalue weighted by molar-refractivity contribution is -0.146. The fourth-order valence-corrected chi connectivity index (χ4v) is 9.11. The molecule has 3 aromatic carbocycles. The fraction of sp³-hybridized carbons (Fsp3) is 0.372. The fourth-order valence-electron chi connectivity index (χ4n) is 8.13. The van der Waals surface area contributed by atoms with Crippen molar-refractivity contribution in [2.45, 2.75) is 68.6 Å². The third-order valence-electron chi connectivity index (χ3n) is 11.7. The molecule has 0 aliphatic carbocycles. The van der Waals surface area contributed by atoms with Crippen LogP contribution in [0.15, 0.2) is 90.4 Å². The number of nitrogens with two attached hydrogens (primary N) is 3. The molecule has 4 heterocycles. The highest BCUT2D eigenvalue weighted by Gasteiger charge is 2.44. The minimum Gasteiger partial charge on any atom is -0.368 e. The third kappa shape index (κ3) is 9.64. The zero-order valence-corrected chi connectivity index (χ0v) is 33.6. The Morgan fingerprint density at radius 2 is 1.47 bits per heavy atom. The quantitative estimate of drug-likeness (QED) is 0.0436. The Morgan fingerprint density at radius 3 is 2.20 bits per heavy atom. The molecule has 3 atom stereocenters. The summed E-state index contributed by atoms with van der Waals surface area (Å²) in [6, 6.07) is 20.9. The number of aromatic amines is 1. The van der Waals surface area contributed by atoms with Crippen molar-refractivity contribution >= 4 is 61.9 Å². The van der Waals surface area contributed by atoms with Gasteiger partial charge < -0.3 is 32.0 Å². The minimum atomic E-state index is -1.41. The molecular formula is C43H52N10O5S. The topological polar surface area (TPSA) is 234 Å². The zero-order valence-electron chi connectivity index (χ0n) is 32.8. The Morgan fingerprint density at radius 1 is 0.814 bits per heavy atom. The molecule has 2 aliphatic rings. The van der Waals surface area contributed by atoms with Crippen molar-refractivity contribution < 1.29 is 24.0 Å². The van der Waals surface area contributed by atoms with Gasteiger partial charge in [0, 0.05) is 60.1 Å². The molecule has 59 heavy (non-hydrogen) atoms. The summed E-state index contributed by atoms with van der Waals surface area (Å²) in [6.07, 6.45) is 3.59. The Balaban J connectivity index is 1.21. The van der Waals surface area contributed by atoms with Gasteiger partial charge in [0.2, 0.25) is 23.6 Å². The van der Waals surface area contributed by atoms with Crippen molar-refractivity contribution in [3.05, 3.63) is 107 Å². The summed E-state index contributed by atoms with van der Waals surface area (Å²) in [6.45, 7) is 2.02. The van der Waals surface area contributed by atoms with Gasteiger partial charge in [-0.1, -0.05) is 66.7 Å². The molecule has 2 aliphatic heterocycles. The lowest BCUT2D eigenvalue weighted by Gasteiger charge is -2.40. The van der Waals surface area contributed by atoms with E-state index >= 15 is 0 Å². The molecule has 2 saturated heterocycles. The van der Waals surface area contributed by atoms with Crippen LogP contribution in [0.5, 0.6) is 0 Å². The lowest BCUT2D eigenvalue weighted by Crippen LogP contribution is -2.67. The number of piperidine rings is 2. The number of thiophene rings is 1. The zero-order chi connectivity index (χ0) is 41.5. The van der Waals surface area contributed by atoms with Crippen LogP contribution < -0.4 is 38.7 Å². The van der Waals surface area contributed by atoms with Crippen molar-refractivity contribution in [1.82, 2.24) is 36.3 Å². The van der Waals surface area contributed by atoms with E-state index in [1.807, 2.05) is 84.2 Å². The number of carbonyl (C=O) groups excluding carboxylic acids is 5. The van der Waals surface area contributed by atoms with Crippen LogP contribution in [0.1, 0.15) is 42.4 Å². The summed E-state index contributed by atoms with van der Waals surface area (Å²) >= 11 is 1.55. The number of hydrazine groups is 2. The Hall–Kier alpha value is -5.65. The number of primary amides is 1. The van der Waals surface area contributed by atoms with E-state index < -0.39 is 47.3 Å². The monoisotopic (exact) mass is 820 g/mol. The van der Waals surface area contributed by atoms with E-state index in [0.29, 0.717) is 44.6 Å². The summed E-state index contributed by atoms with van der Waals surface area (Å²) in [4.78, 5) is 73.8. The van der Waals surface area contributed by atoms with Gasteiger partial charge in [0.1, 0.15) is 23.7 Å². The maximum atomic E-state index is 14.9. The third-order valence-corrected chi connectivity index (χ3v) is 12.7. The number of nitrogens with one attached hydrogen (secondary N) is 5. The van der Waals surface area contributed by atoms with Crippen molar-refractivity contribution in [2.75, 3.05) is 26.2 Å². The van der Waals surface area contributed by atoms with Crippen molar-refractivity contribution in [3.8, 4) is 0 Å². The number of hydrogen-bond donors (Lipinski definition) is 8. The standard InChI is InChI=1S/C43H52N10O5S/c44-42(58)43(16-20-52(45)21-17-43)51-40(56)36(22-27-8-2-1-3-9-27)53(46)41(57)35(23-29-25-48-33-12-6-4-10-31(29)33)50-39(55)34(49-38(54)28-14-18-47-19-15-28)24-30-26-59-37-13-7-5-11-32(30)37/h1-13,25-26,28,34-36,47-48H,14-24,45-46H2,(H2,44,58)(H,49,54)(H,50,55)(H,51,56)/t34-,35-,36+/m1/s1. The molecular weight excluding hydrogens is 769 g/mol. The number of fused-ring (bicyclic) bond motifs is 2. The molecule has 0 radical (unpaired) electrons. The Bertz CT molecular complexity index is 2280. The number of para-hydroxylation sites is 1. The summed E-state index contributed by atoms with van der Waals surface area (Å²) in [5.74, 6) is 9.52. The van der Waals surface area contributed by atoms with E-state index in [0.717, 1.165) is 37.1 Å². The number of aromatic nitrogens is 1. The molecule has 2 fully saturated rings. The molecule has 0 bridgehead atoms. The van der Waals surface area contributed by atoms with Crippen LogP contribution in [0.4, 0.5) is 0 Å². The molecule has 5 aromatic rings. The highest BCUT2D eigenvalue weighted by molar-refractivity contribution is 7.17. The summed E-state index contributed by atoms with van der Waals surface area (Å²) in [5.41, 5.74) is 7.65. The van der Waals surface area contributed by atoms with Crippen molar-refractivity contribution in [2.24, 2.45) is 23.3 Å². The average molecular weight is 821 g/mol. The summed E-state index contributed by atoms with van der Waals surface area (Å²) in [7, 11) is 0. The molecule has 310 valence electrons. The predicted octanol–water partition coefficient (Wildman–Crippen LogP) is 1.76. The van der Waals surface area contributed by atoms with Crippen LogP contribution in [0.3, 0.4) is 0 Å². The number of carbonyl (C=O) groups is 5. The van der Waals surface area contributed by atoms with Crippen LogP contribution >= 0.6 is 11.3 Å². The average Bonchev–Trinajstić information content (AvgIpc) is 3.87. The molecule has 2 aromatic heterocycles. The molecule has 7 rings (SSSR count). The second-order valence-electron chi connectivity index (χ2n) is 15.6. The lowest BCUT2D eigenvalue weighted by atomic mass is 9.86. The van der Waals surface area contributed by atoms with Gasteiger partial charge in [-0.15, -0.1) is 11.3 Å². The van der Waals surface area contributed by atoms with Gasteiger partial charge in [0.25, 0.3) is 5.91 Å². The number of amides is 5. The van der Waals surface area contributed by atoms with Gasteiger partial charge in [-0.3, -0.25) is 34.8 Å². The van der Waals surface area contributed by atoms with E-state index in [2.05, 4.69) is 26.3 Å². The smallest absolute Gasteiger partial charge is 0.260 e. The Labute approximate surface area is 346 Å². The van der Waals surface area contributed by atoms with E-state index in [9.17, 15) is 24.0 Å². The van der Waals surface area contributed by atoms with Gasteiger partial charge in [-0.2, -0.15) is 0 Å². The highest BCUT2D eigenvalue weighted by Crippen LogP contribution is 2.28. The van der Waals surface area contributed by atoms with Gasteiger partial charge in [0.15, 0.2) is 0 Å². The van der Waals surface area contributed by atoms with Crippen LogP contribution in [0.25, 0.3) is 21.0 Å². The van der Waals surface area contributed by atoms with Gasteiger partial charge in [0.05, 0.1) is 0 Å². The first kappa shape index (κ1) is 41.5. The predicted molar refractivity (Wildman–Crippen MR) is 227 cm³/mol. The molecule has 5 amide bonds. The molecule has 0 unspecified atom stereocenters. The van der Waals surface area contributed by atoms with Gasteiger partial charge in [-0.05, 0) is 78.4 Å². The van der Waals surface area contributed by atoms with Crippen molar-refractivity contribution in [3.63, 3.8) is 0 Å². The first-order chi connectivity index (χ1) is 28.5. The SMILES string of the molecule is NC(=O)C1(NC(=O)[C@H](Cc2ccccc2)N(N)C(=O)[C@@H](Cc2c[nH]c3ccccc23)NC(=O)[C@@H](Cc2csc3ccccc23)NC(=O)C2CCNCC2)CCN(N)CC1. The number of benzene rings is 3. The van der Waals surface area contributed by atoms with Crippen LogP contribution in [0, 0.1) is 5.92 Å². The highest BCUT2D eigenvalue weighted by atomic mass is 32.1. The summed E-state index contributed by atoms with van der Waals surface area (Å²) < 4.78 is 1.05. The molecule has 0 saturated carbocycles. The van der Waals surface area contributed by atoms with Gasteiger partial charge in [-0.25, -0.2) is 10.9 Å². The van der Waals surface area contributed by atoms with Crippen LogP contribution in [0.2, 0.25) is 0 Å². The Kier molecular flexibility index (Phi) is 13.0.